The minimum absolute atomic E-state index is 0.525. The van der Waals surface area contributed by atoms with E-state index in [1.807, 2.05) is 29.8 Å². The van der Waals surface area contributed by atoms with Crippen LogP contribution in [0.1, 0.15) is 12.0 Å². The molecule has 0 atom stereocenters. The summed E-state index contributed by atoms with van der Waals surface area (Å²) in [7, 11) is 1.95. The standard InChI is InChI=1S/C13H14N4S/c1-10-6-3-4-7-11(10)12-15-16-13(17(12)2)18-9-5-8-14/h3-4,6-7H,5,9H2,1-2H3. The molecule has 1 heterocycles. The second-order valence-corrected chi connectivity index (χ2v) is 5.00. The lowest BCUT2D eigenvalue weighted by molar-refractivity contribution is 0.793. The molecule has 0 N–H and O–H groups in total. The molecule has 0 aliphatic rings. The van der Waals surface area contributed by atoms with Gasteiger partial charge in [0.15, 0.2) is 11.0 Å². The van der Waals surface area contributed by atoms with Crippen molar-refractivity contribution >= 4 is 11.8 Å². The van der Waals surface area contributed by atoms with Crippen molar-refractivity contribution in [3.8, 4) is 17.5 Å². The number of benzene rings is 1. The van der Waals surface area contributed by atoms with E-state index in [4.69, 9.17) is 5.26 Å². The summed E-state index contributed by atoms with van der Waals surface area (Å²) in [5, 5.41) is 17.8. The van der Waals surface area contributed by atoms with Crippen molar-refractivity contribution in [2.45, 2.75) is 18.5 Å². The van der Waals surface area contributed by atoms with Crippen molar-refractivity contribution < 1.29 is 0 Å². The summed E-state index contributed by atoms with van der Waals surface area (Å²) in [6, 6.07) is 10.2. The van der Waals surface area contributed by atoms with E-state index in [9.17, 15) is 0 Å². The molecule has 0 radical (unpaired) electrons. The van der Waals surface area contributed by atoms with Crippen LogP contribution in [0.15, 0.2) is 29.4 Å². The van der Waals surface area contributed by atoms with E-state index in [2.05, 4.69) is 29.3 Å². The molecule has 0 bridgehead atoms. The molecule has 5 heteroatoms. The molecule has 0 aliphatic heterocycles. The van der Waals surface area contributed by atoms with E-state index >= 15 is 0 Å². The Kier molecular flexibility index (Phi) is 4.00. The fraction of sp³-hybridized carbons (Fsp3) is 0.308. The van der Waals surface area contributed by atoms with E-state index in [1.54, 1.807) is 11.8 Å². The third-order valence-electron chi connectivity index (χ3n) is 2.67. The van der Waals surface area contributed by atoms with Crippen LogP contribution in [0.4, 0.5) is 0 Å². The number of aromatic nitrogens is 3. The van der Waals surface area contributed by atoms with Crippen LogP contribution in [0.25, 0.3) is 11.4 Å². The van der Waals surface area contributed by atoms with Crippen molar-refractivity contribution in [1.82, 2.24) is 14.8 Å². The predicted octanol–water partition coefficient (Wildman–Crippen LogP) is 2.80. The van der Waals surface area contributed by atoms with Crippen LogP contribution >= 0.6 is 11.8 Å². The molecular weight excluding hydrogens is 244 g/mol. The summed E-state index contributed by atoms with van der Waals surface area (Å²) in [6.45, 7) is 2.06. The Hall–Kier alpha value is -1.80. The van der Waals surface area contributed by atoms with E-state index in [1.165, 1.54) is 5.56 Å². The Morgan fingerprint density at radius 2 is 2.11 bits per heavy atom. The first-order chi connectivity index (χ1) is 8.74. The SMILES string of the molecule is Cc1ccccc1-c1nnc(SCCC#N)n1C. The van der Waals surface area contributed by atoms with E-state index in [0.29, 0.717) is 6.42 Å². The van der Waals surface area contributed by atoms with Crippen LogP contribution in [0.2, 0.25) is 0 Å². The number of nitriles is 1. The van der Waals surface area contributed by atoms with E-state index in [-0.39, 0.29) is 0 Å². The zero-order chi connectivity index (χ0) is 13.0. The Balaban J connectivity index is 2.26. The van der Waals surface area contributed by atoms with Gasteiger partial charge in [0, 0.05) is 24.8 Å². The van der Waals surface area contributed by atoms with Gasteiger partial charge >= 0.3 is 0 Å². The normalized spacial score (nSPS) is 10.3. The topological polar surface area (TPSA) is 54.5 Å². The molecule has 0 saturated heterocycles. The molecule has 0 fully saturated rings. The highest BCUT2D eigenvalue weighted by Crippen LogP contribution is 2.24. The fourth-order valence-electron chi connectivity index (χ4n) is 1.69. The molecule has 0 aliphatic carbocycles. The summed E-state index contributed by atoms with van der Waals surface area (Å²) in [4.78, 5) is 0. The summed E-state index contributed by atoms with van der Waals surface area (Å²) < 4.78 is 1.98. The maximum absolute atomic E-state index is 8.53. The number of thioether (sulfide) groups is 1. The van der Waals surface area contributed by atoms with Gasteiger partial charge in [-0.3, -0.25) is 0 Å². The average Bonchev–Trinajstić information content (AvgIpc) is 2.72. The van der Waals surface area contributed by atoms with Crippen molar-refractivity contribution in [3.05, 3.63) is 29.8 Å². The lowest BCUT2D eigenvalue weighted by Gasteiger charge is -2.05. The first-order valence-electron chi connectivity index (χ1n) is 5.69. The molecule has 1 aromatic heterocycles. The predicted molar refractivity (Wildman–Crippen MR) is 72.1 cm³/mol. The summed E-state index contributed by atoms with van der Waals surface area (Å²) >= 11 is 1.56. The van der Waals surface area contributed by atoms with Crippen LogP contribution in [0, 0.1) is 18.3 Å². The number of nitrogens with zero attached hydrogens (tertiary/aromatic N) is 4. The molecule has 2 aromatic rings. The van der Waals surface area contributed by atoms with Crippen molar-refractivity contribution in [3.63, 3.8) is 0 Å². The summed E-state index contributed by atoms with van der Waals surface area (Å²) in [5.74, 6) is 1.61. The average molecular weight is 258 g/mol. The quantitative estimate of drug-likeness (QED) is 0.625. The maximum Gasteiger partial charge on any atom is 0.191 e. The molecule has 0 saturated carbocycles. The number of hydrogen-bond donors (Lipinski definition) is 0. The first kappa shape index (κ1) is 12.7. The summed E-state index contributed by atoms with van der Waals surface area (Å²) in [5.41, 5.74) is 2.28. The Morgan fingerprint density at radius 1 is 1.33 bits per heavy atom. The molecular formula is C13H14N4S. The van der Waals surface area contributed by atoms with Crippen LogP contribution in [-0.2, 0) is 7.05 Å². The van der Waals surface area contributed by atoms with E-state index < -0.39 is 0 Å². The molecule has 0 spiro atoms. The van der Waals surface area contributed by atoms with Gasteiger partial charge in [0.05, 0.1) is 6.07 Å². The third kappa shape index (κ3) is 2.54. The second kappa shape index (κ2) is 5.69. The zero-order valence-corrected chi connectivity index (χ0v) is 11.2. The van der Waals surface area contributed by atoms with Crippen molar-refractivity contribution in [2.75, 3.05) is 5.75 Å². The second-order valence-electron chi connectivity index (χ2n) is 3.94. The molecule has 1 aromatic carbocycles. The van der Waals surface area contributed by atoms with E-state index in [0.717, 1.165) is 22.3 Å². The largest absolute Gasteiger partial charge is 0.305 e. The Morgan fingerprint density at radius 3 is 2.83 bits per heavy atom. The number of aryl methyl sites for hydroxylation is 1. The monoisotopic (exact) mass is 258 g/mol. The molecule has 92 valence electrons. The van der Waals surface area contributed by atoms with Gasteiger partial charge in [-0.2, -0.15) is 5.26 Å². The highest BCUT2D eigenvalue weighted by Gasteiger charge is 2.12. The minimum atomic E-state index is 0.525. The lowest BCUT2D eigenvalue weighted by Crippen LogP contribution is -1.96. The number of rotatable bonds is 4. The number of hydrogen-bond acceptors (Lipinski definition) is 4. The van der Waals surface area contributed by atoms with Gasteiger partial charge in [0.2, 0.25) is 0 Å². The Labute approximate surface area is 111 Å². The van der Waals surface area contributed by atoms with Crippen LogP contribution in [0.3, 0.4) is 0 Å². The van der Waals surface area contributed by atoms with Crippen molar-refractivity contribution in [2.24, 2.45) is 7.05 Å². The van der Waals surface area contributed by atoms with Crippen LogP contribution in [0.5, 0.6) is 0 Å². The van der Waals surface area contributed by atoms with Crippen molar-refractivity contribution in [1.29, 1.82) is 5.26 Å². The van der Waals surface area contributed by atoms with Gasteiger partial charge in [0.1, 0.15) is 0 Å². The smallest absolute Gasteiger partial charge is 0.191 e. The first-order valence-corrected chi connectivity index (χ1v) is 6.67. The maximum atomic E-state index is 8.53. The van der Waals surface area contributed by atoms with Crippen LogP contribution in [-0.4, -0.2) is 20.5 Å². The van der Waals surface area contributed by atoms with Gasteiger partial charge in [-0.05, 0) is 12.5 Å². The molecule has 2 rings (SSSR count). The van der Waals surface area contributed by atoms with Gasteiger partial charge in [-0.25, -0.2) is 0 Å². The molecule has 0 amide bonds. The molecule has 4 nitrogen and oxygen atoms in total. The zero-order valence-electron chi connectivity index (χ0n) is 10.4. The van der Waals surface area contributed by atoms with Gasteiger partial charge < -0.3 is 4.57 Å². The molecule has 0 unspecified atom stereocenters. The Bertz CT molecular complexity index is 583. The van der Waals surface area contributed by atoms with Crippen LogP contribution < -0.4 is 0 Å². The minimum Gasteiger partial charge on any atom is -0.305 e. The van der Waals surface area contributed by atoms with Gasteiger partial charge in [0.25, 0.3) is 0 Å². The highest BCUT2D eigenvalue weighted by molar-refractivity contribution is 7.99. The highest BCUT2D eigenvalue weighted by atomic mass is 32.2. The molecule has 18 heavy (non-hydrogen) atoms. The van der Waals surface area contributed by atoms with Gasteiger partial charge in [-0.15, -0.1) is 10.2 Å². The van der Waals surface area contributed by atoms with Gasteiger partial charge in [-0.1, -0.05) is 36.0 Å². The summed E-state index contributed by atoms with van der Waals surface area (Å²) in [6.07, 6.45) is 0.525. The fourth-order valence-corrected chi connectivity index (χ4v) is 2.44. The lowest BCUT2D eigenvalue weighted by atomic mass is 10.1. The third-order valence-corrected chi connectivity index (χ3v) is 3.69.